The van der Waals surface area contributed by atoms with Gasteiger partial charge in [-0.2, -0.15) is 0 Å². The standard InChI is InChI=1S/C16H30O4/c1-14(16(18)20-3)12-10-8-6-4-5-7-9-11-13-15(17)19-2/h14H,4-13H2,1-3H3. The van der Waals surface area contributed by atoms with Crippen molar-refractivity contribution in [1.82, 2.24) is 0 Å². The van der Waals surface area contributed by atoms with Gasteiger partial charge in [-0.1, -0.05) is 51.9 Å². The lowest BCUT2D eigenvalue weighted by atomic mass is 10.0. The van der Waals surface area contributed by atoms with E-state index in [9.17, 15) is 9.59 Å². The van der Waals surface area contributed by atoms with Crippen LogP contribution in [-0.2, 0) is 19.1 Å². The average Bonchev–Trinajstić information content (AvgIpc) is 2.47. The predicted octanol–water partition coefficient (Wildman–Crippen LogP) is 3.87. The van der Waals surface area contributed by atoms with E-state index < -0.39 is 0 Å². The van der Waals surface area contributed by atoms with E-state index in [1.54, 1.807) is 0 Å². The minimum atomic E-state index is -0.107. The van der Waals surface area contributed by atoms with Gasteiger partial charge in [-0.05, 0) is 12.8 Å². The van der Waals surface area contributed by atoms with Crippen molar-refractivity contribution in [2.45, 2.75) is 71.1 Å². The zero-order valence-electron chi connectivity index (χ0n) is 13.3. The third-order valence-corrected chi connectivity index (χ3v) is 3.60. The summed E-state index contributed by atoms with van der Waals surface area (Å²) >= 11 is 0. The van der Waals surface area contributed by atoms with Gasteiger partial charge in [-0.3, -0.25) is 9.59 Å². The van der Waals surface area contributed by atoms with Crippen LogP contribution in [0.15, 0.2) is 0 Å². The second-order valence-corrected chi connectivity index (χ2v) is 5.37. The molecule has 0 fully saturated rings. The number of hydrogen-bond acceptors (Lipinski definition) is 4. The number of rotatable bonds is 12. The van der Waals surface area contributed by atoms with Crippen molar-refractivity contribution in [2.24, 2.45) is 5.92 Å². The Bertz CT molecular complexity index is 263. The second kappa shape index (κ2) is 12.9. The molecule has 1 atom stereocenters. The molecule has 118 valence electrons. The van der Waals surface area contributed by atoms with Crippen LogP contribution in [0.5, 0.6) is 0 Å². The molecule has 0 spiro atoms. The van der Waals surface area contributed by atoms with E-state index in [1.807, 2.05) is 6.92 Å². The van der Waals surface area contributed by atoms with Crippen molar-refractivity contribution in [2.75, 3.05) is 14.2 Å². The Balaban J connectivity index is 3.21. The molecule has 1 unspecified atom stereocenters. The van der Waals surface area contributed by atoms with Crippen LogP contribution in [-0.4, -0.2) is 26.2 Å². The van der Waals surface area contributed by atoms with Crippen LogP contribution in [0.1, 0.15) is 71.1 Å². The summed E-state index contributed by atoms with van der Waals surface area (Å²) in [5, 5.41) is 0. The second-order valence-electron chi connectivity index (χ2n) is 5.37. The van der Waals surface area contributed by atoms with Crippen LogP contribution in [0.3, 0.4) is 0 Å². The van der Waals surface area contributed by atoms with Crippen molar-refractivity contribution in [1.29, 1.82) is 0 Å². The van der Waals surface area contributed by atoms with E-state index in [0.29, 0.717) is 6.42 Å². The Hall–Kier alpha value is -1.06. The Morgan fingerprint density at radius 2 is 1.30 bits per heavy atom. The van der Waals surface area contributed by atoms with Crippen LogP contribution < -0.4 is 0 Å². The monoisotopic (exact) mass is 286 g/mol. The highest BCUT2D eigenvalue weighted by molar-refractivity contribution is 5.71. The molecular formula is C16H30O4. The van der Waals surface area contributed by atoms with E-state index in [-0.39, 0.29) is 17.9 Å². The number of methoxy groups -OCH3 is 2. The first kappa shape index (κ1) is 18.9. The molecule has 0 N–H and O–H groups in total. The van der Waals surface area contributed by atoms with Gasteiger partial charge < -0.3 is 9.47 Å². The van der Waals surface area contributed by atoms with Gasteiger partial charge >= 0.3 is 11.9 Å². The molecule has 0 bridgehead atoms. The van der Waals surface area contributed by atoms with E-state index >= 15 is 0 Å². The van der Waals surface area contributed by atoms with Gasteiger partial charge in [-0.25, -0.2) is 0 Å². The maximum absolute atomic E-state index is 11.2. The molecule has 0 aliphatic rings. The Kier molecular flexibility index (Phi) is 12.3. The highest BCUT2D eigenvalue weighted by Crippen LogP contribution is 2.14. The molecule has 20 heavy (non-hydrogen) atoms. The SMILES string of the molecule is COC(=O)CCCCCCCCCCC(C)C(=O)OC. The summed E-state index contributed by atoms with van der Waals surface area (Å²) in [5.41, 5.74) is 0. The molecule has 0 rings (SSSR count). The normalized spacial score (nSPS) is 11.9. The number of esters is 2. The first-order valence-corrected chi connectivity index (χ1v) is 7.76. The smallest absolute Gasteiger partial charge is 0.308 e. The molecule has 0 amide bonds. The molecule has 0 radical (unpaired) electrons. The minimum absolute atomic E-state index is 0.0262. The molecular weight excluding hydrogens is 256 g/mol. The Morgan fingerprint density at radius 3 is 1.80 bits per heavy atom. The summed E-state index contributed by atoms with van der Waals surface area (Å²) < 4.78 is 9.29. The summed E-state index contributed by atoms with van der Waals surface area (Å²) in [6.45, 7) is 1.92. The molecule has 4 nitrogen and oxygen atoms in total. The maximum Gasteiger partial charge on any atom is 0.308 e. The fraction of sp³-hybridized carbons (Fsp3) is 0.875. The largest absolute Gasteiger partial charge is 0.469 e. The molecule has 0 saturated carbocycles. The molecule has 0 aromatic heterocycles. The van der Waals surface area contributed by atoms with Crippen LogP contribution in [0, 0.1) is 5.92 Å². The maximum atomic E-state index is 11.2. The van der Waals surface area contributed by atoms with E-state index in [4.69, 9.17) is 4.74 Å². The van der Waals surface area contributed by atoms with Gasteiger partial charge in [0.15, 0.2) is 0 Å². The van der Waals surface area contributed by atoms with Gasteiger partial charge in [0.05, 0.1) is 20.1 Å². The van der Waals surface area contributed by atoms with Gasteiger partial charge in [0.2, 0.25) is 0 Å². The molecule has 0 aliphatic carbocycles. The highest BCUT2D eigenvalue weighted by atomic mass is 16.5. The summed E-state index contributed by atoms with van der Waals surface area (Å²) in [7, 11) is 2.88. The van der Waals surface area contributed by atoms with Crippen LogP contribution >= 0.6 is 0 Å². The van der Waals surface area contributed by atoms with Crippen molar-refractivity contribution in [3.63, 3.8) is 0 Å². The highest BCUT2D eigenvalue weighted by Gasteiger charge is 2.11. The number of ether oxygens (including phenoxy) is 2. The lowest BCUT2D eigenvalue weighted by Crippen LogP contribution is -2.12. The zero-order chi connectivity index (χ0) is 15.2. The summed E-state index contributed by atoms with van der Waals surface area (Å²) in [4.78, 5) is 22.1. The van der Waals surface area contributed by atoms with Crippen LogP contribution in [0.25, 0.3) is 0 Å². The van der Waals surface area contributed by atoms with Gasteiger partial charge in [0.25, 0.3) is 0 Å². The van der Waals surface area contributed by atoms with E-state index in [0.717, 1.165) is 25.7 Å². The fourth-order valence-corrected chi connectivity index (χ4v) is 2.20. The minimum Gasteiger partial charge on any atom is -0.469 e. The van der Waals surface area contributed by atoms with Gasteiger partial charge in [0.1, 0.15) is 0 Å². The Labute approximate surface area is 123 Å². The predicted molar refractivity (Wildman–Crippen MR) is 79.4 cm³/mol. The summed E-state index contributed by atoms with van der Waals surface area (Å²) in [6.07, 6.45) is 10.7. The topological polar surface area (TPSA) is 52.6 Å². The average molecular weight is 286 g/mol. The van der Waals surface area contributed by atoms with Gasteiger partial charge in [-0.15, -0.1) is 0 Å². The fourth-order valence-electron chi connectivity index (χ4n) is 2.20. The first-order chi connectivity index (χ1) is 9.61. The first-order valence-electron chi connectivity index (χ1n) is 7.76. The van der Waals surface area contributed by atoms with Crippen molar-refractivity contribution in [3.8, 4) is 0 Å². The quantitative estimate of drug-likeness (QED) is 0.404. The van der Waals surface area contributed by atoms with Gasteiger partial charge in [0, 0.05) is 6.42 Å². The molecule has 0 heterocycles. The lowest BCUT2D eigenvalue weighted by molar-refractivity contribution is -0.145. The van der Waals surface area contributed by atoms with Crippen LogP contribution in [0.2, 0.25) is 0 Å². The molecule has 0 aromatic rings. The van der Waals surface area contributed by atoms with E-state index in [1.165, 1.54) is 46.3 Å². The van der Waals surface area contributed by atoms with E-state index in [2.05, 4.69) is 4.74 Å². The summed E-state index contributed by atoms with van der Waals surface area (Å²) in [5.74, 6) is -0.182. The summed E-state index contributed by atoms with van der Waals surface area (Å²) in [6, 6.07) is 0. The van der Waals surface area contributed by atoms with Crippen molar-refractivity contribution < 1.29 is 19.1 Å². The molecule has 0 saturated heterocycles. The zero-order valence-corrected chi connectivity index (χ0v) is 13.3. The lowest BCUT2D eigenvalue weighted by Gasteiger charge is -2.08. The third-order valence-electron chi connectivity index (χ3n) is 3.60. The van der Waals surface area contributed by atoms with Crippen molar-refractivity contribution in [3.05, 3.63) is 0 Å². The molecule has 0 aromatic carbocycles. The third kappa shape index (κ3) is 10.8. The Morgan fingerprint density at radius 1 is 0.800 bits per heavy atom. The number of carbonyl (C=O) groups excluding carboxylic acids is 2. The number of hydrogen-bond donors (Lipinski definition) is 0. The number of unbranched alkanes of at least 4 members (excludes halogenated alkanes) is 7. The number of carbonyl (C=O) groups is 2. The molecule has 0 aliphatic heterocycles. The van der Waals surface area contributed by atoms with Crippen molar-refractivity contribution >= 4 is 11.9 Å². The van der Waals surface area contributed by atoms with Crippen LogP contribution in [0.4, 0.5) is 0 Å². The molecule has 4 heteroatoms.